The third-order valence-corrected chi connectivity index (χ3v) is 13.3. The van der Waals surface area contributed by atoms with Crippen LogP contribution in [-0.4, -0.2) is 126 Å². The molecule has 0 radical (unpaired) electrons. The highest BCUT2D eigenvalue weighted by molar-refractivity contribution is 8.00. The minimum absolute atomic E-state index is 0.0333. The number of fused-ring (bicyclic) bond motifs is 2. The van der Waals surface area contributed by atoms with Crippen molar-refractivity contribution >= 4 is 58.1 Å². The van der Waals surface area contributed by atoms with Crippen LogP contribution in [0.3, 0.4) is 0 Å². The molecule has 17 heteroatoms. The summed E-state index contributed by atoms with van der Waals surface area (Å²) in [4.78, 5) is 81.7. The minimum atomic E-state index is -0.684. The maximum Gasteiger partial charge on any atom is 0.255 e. The highest BCUT2D eigenvalue weighted by Gasteiger charge is 2.40. The Balaban J connectivity index is 0.744. The quantitative estimate of drug-likeness (QED) is 0.132. The van der Waals surface area contributed by atoms with Gasteiger partial charge in [0.2, 0.25) is 23.6 Å². The van der Waals surface area contributed by atoms with Gasteiger partial charge in [-0.25, -0.2) is 14.6 Å². The predicted molar refractivity (Wildman–Crippen MR) is 232 cm³/mol. The lowest BCUT2D eigenvalue weighted by molar-refractivity contribution is -0.137. The molecule has 5 amide bonds. The summed E-state index contributed by atoms with van der Waals surface area (Å²) in [7, 11) is 0. The van der Waals surface area contributed by atoms with Crippen molar-refractivity contribution in [2.75, 3.05) is 57.3 Å². The van der Waals surface area contributed by atoms with E-state index in [2.05, 4.69) is 20.2 Å². The number of hydrogen-bond donors (Lipinski definition) is 2. The molecule has 16 nitrogen and oxygen atoms in total. The van der Waals surface area contributed by atoms with Crippen LogP contribution in [0.5, 0.6) is 11.5 Å². The van der Waals surface area contributed by atoms with E-state index in [0.717, 1.165) is 60.7 Å². The van der Waals surface area contributed by atoms with E-state index in [-0.39, 0.29) is 48.4 Å². The molecule has 3 fully saturated rings. The molecule has 2 atom stereocenters. The number of hydrogen-bond acceptors (Lipinski definition) is 12. The number of nitrogens with one attached hydrogen (secondary N) is 1. The second-order valence-corrected chi connectivity index (χ2v) is 17.1. The van der Waals surface area contributed by atoms with Crippen LogP contribution >= 0.6 is 11.8 Å². The molecule has 0 bridgehead atoms. The number of carbonyl (C=O) groups excluding carboxylic acids is 5. The Morgan fingerprint density at radius 3 is 2.44 bits per heavy atom. The number of anilines is 1. The van der Waals surface area contributed by atoms with Crippen LogP contribution in [0.4, 0.5) is 5.82 Å². The first-order valence-corrected chi connectivity index (χ1v) is 22.2. The summed E-state index contributed by atoms with van der Waals surface area (Å²) in [5.74, 6) is 1.20. The molecule has 6 heterocycles. The van der Waals surface area contributed by atoms with E-state index in [1.807, 2.05) is 75.1 Å². The second kappa shape index (κ2) is 17.9. The first-order chi connectivity index (χ1) is 30.2. The van der Waals surface area contributed by atoms with Gasteiger partial charge in [0.05, 0.1) is 17.2 Å². The zero-order chi connectivity index (χ0) is 42.7. The molecule has 3 saturated heterocycles. The Morgan fingerprint density at radius 2 is 1.65 bits per heavy atom. The lowest BCUT2D eigenvalue weighted by atomic mass is 10.0. The zero-order valence-electron chi connectivity index (χ0n) is 34.3. The fourth-order valence-electron chi connectivity index (χ4n) is 8.89. The van der Waals surface area contributed by atoms with Gasteiger partial charge in [-0.05, 0) is 86.3 Å². The molecular weight excluding hydrogens is 809 g/mol. The number of carbonyl (C=O) groups is 5. The maximum atomic E-state index is 13.6. The van der Waals surface area contributed by atoms with Crippen LogP contribution in [0, 0.1) is 0 Å². The van der Waals surface area contributed by atoms with Crippen molar-refractivity contribution in [3.05, 3.63) is 90.3 Å². The normalized spacial score (nSPS) is 19.5. The first kappa shape index (κ1) is 41.0. The van der Waals surface area contributed by atoms with Crippen molar-refractivity contribution in [2.24, 2.45) is 0 Å². The van der Waals surface area contributed by atoms with Gasteiger partial charge in [0, 0.05) is 74.7 Å². The van der Waals surface area contributed by atoms with E-state index in [9.17, 15) is 24.0 Å². The average Bonchev–Trinajstić information content (AvgIpc) is 3.85. The van der Waals surface area contributed by atoms with Crippen LogP contribution < -0.4 is 15.8 Å². The molecule has 3 N–H and O–H groups in total. The molecular formula is C45H48N10O6S. The second-order valence-electron chi connectivity index (χ2n) is 16.1. The van der Waals surface area contributed by atoms with Crippen molar-refractivity contribution in [3.8, 4) is 22.8 Å². The van der Waals surface area contributed by atoms with Gasteiger partial charge in [-0.2, -0.15) is 5.10 Å². The van der Waals surface area contributed by atoms with Crippen LogP contribution in [0.25, 0.3) is 22.3 Å². The summed E-state index contributed by atoms with van der Waals surface area (Å²) in [5.41, 5.74) is 9.97. The lowest BCUT2D eigenvalue weighted by Gasteiger charge is -2.35. The molecule has 3 aromatic carbocycles. The number of likely N-dealkylation sites (tertiary alicyclic amines) is 1. The summed E-state index contributed by atoms with van der Waals surface area (Å²) < 4.78 is 7.91. The fraction of sp³-hybridized carbons (Fsp3) is 0.378. The molecule has 0 saturated carbocycles. The highest BCUT2D eigenvalue weighted by atomic mass is 32.2. The van der Waals surface area contributed by atoms with Crippen molar-refractivity contribution in [1.82, 2.24) is 44.7 Å². The smallest absolute Gasteiger partial charge is 0.255 e. The van der Waals surface area contributed by atoms with Crippen molar-refractivity contribution in [2.45, 2.75) is 62.0 Å². The molecule has 5 aromatic rings. The summed E-state index contributed by atoms with van der Waals surface area (Å²) in [5, 5.41) is 8.07. The van der Waals surface area contributed by atoms with Gasteiger partial charge in [-0.15, -0.1) is 11.8 Å². The van der Waals surface area contributed by atoms with Gasteiger partial charge in [0.15, 0.2) is 5.65 Å². The van der Waals surface area contributed by atoms with Crippen LogP contribution in [0.1, 0.15) is 60.5 Å². The number of imide groups is 1. The van der Waals surface area contributed by atoms with E-state index in [4.69, 9.17) is 15.6 Å². The number of piperazine rings is 1. The largest absolute Gasteiger partial charge is 0.457 e. The van der Waals surface area contributed by atoms with E-state index in [0.29, 0.717) is 72.9 Å². The summed E-state index contributed by atoms with van der Waals surface area (Å²) in [6.45, 7) is 4.94. The summed E-state index contributed by atoms with van der Waals surface area (Å²) in [6.07, 6.45) is 4.81. The summed E-state index contributed by atoms with van der Waals surface area (Å²) >= 11 is 1.41. The highest BCUT2D eigenvalue weighted by Crippen LogP contribution is 2.36. The van der Waals surface area contributed by atoms with E-state index >= 15 is 0 Å². The van der Waals surface area contributed by atoms with Crippen LogP contribution in [0.2, 0.25) is 0 Å². The Kier molecular flexibility index (Phi) is 11.9. The van der Waals surface area contributed by atoms with E-state index in [1.54, 1.807) is 12.1 Å². The van der Waals surface area contributed by atoms with Crippen molar-refractivity contribution < 1.29 is 28.7 Å². The van der Waals surface area contributed by atoms with Gasteiger partial charge < -0.3 is 25.2 Å². The molecule has 62 heavy (non-hydrogen) atoms. The van der Waals surface area contributed by atoms with Crippen molar-refractivity contribution in [1.29, 1.82) is 0 Å². The SMILES string of the molecule is Nc1ncnc2c1c(-c1ccc(Oc3ccccc3)cc1)nn2[C@@H]1CCCN(C(=O)CCCN2CCN(C(=O)CSc3cccc4c3CN(C3CCC(=O)NC3=O)C4=O)CC2)C1. The number of nitrogen functional groups attached to an aromatic ring is 1. The number of thioether (sulfide) groups is 1. The van der Waals surface area contributed by atoms with E-state index in [1.165, 1.54) is 23.0 Å². The van der Waals surface area contributed by atoms with Crippen LogP contribution in [0.15, 0.2) is 84.0 Å². The number of rotatable bonds is 12. The molecule has 0 spiro atoms. The Bertz CT molecular complexity index is 2510. The lowest BCUT2D eigenvalue weighted by Crippen LogP contribution is -2.52. The Labute approximate surface area is 362 Å². The number of piperidine rings is 2. The number of aromatic nitrogens is 4. The average molecular weight is 857 g/mol. The standard InChI is InChI=1S/C45H48N10O6S/c46-42-40-41(29-13-15-32(16-14-29)61-31-8-2-1-3-9-31)50-55(43(40)48-28-47-42)30-7-5-20-53(25-30)38(57)12-6-19-51-21-23-52(24-22-51)39(58)27-62-36-11-4-10-33-34(36)26-54(45(33)60)35-17-18-37(56)49-44(35)59/h1-4,8-11,13-16,28,30,35H,5-7,12,17-27H2,(H2,46,47,48)(H,49,56,59)/t30-,35?/m1/s1. The molecule has 4 aliphatic heterocycles. The third kappa shape index (κ3) is 8.59. The van der Waals surface area contributed by atoms with Gasteiger partial charge >= 0.3 is 0 Å². The van der Waals surface area contributed by atoms with E-state index < -0.39 is 11.9 Å². The molecule has 2 aromatic heterocycles. The third-order valence-electron chi connectivity index (χ3n) is 12.2. The molecule has 9 rings (SSSR count). The number of nitrogens with zero attached hydrogens (tertiary/aromatic N) is 8. The zero-order valence-corrected chi connectivity index (χ0v) is 35.1. The van der Waals surface area contributed by atoms with Crippen molar-refractivity contribution in [3.63, 3.8) is 0 Å². The molecule has 0 aliphatic carbocycles. The Morgan fingerprint density at radius 1 is 0.855 bits per heavy atom. The van der Waals surface area contributed by atoms with Gasteiger partial charge in [0.1, 0.15) is 35.4 Å². The molecule has 320 valence electrons. The predicted octanol–water partition coefficient (Wildman–Crippen LogP) is 4.51. The van der Waals surface area contributed by atoms with Gasteiger partial charge in [-0.1, -0.05) is 24.3 Å². The monoisotopic (exact) mass is 856 g/mol. The number of para-hydroxylation sites is 1. The number of ether oxygens (including phenoxy) is 1. The minimum Gasteiger partial charge on any atom is -0.457 e. The first-order valence-electron chi connectivity index (χ1n) is 21.2. The topological polar surface area (TPSA) is 189 Å². The van der Waals surface area contributed by atoms with Gasteiger partial charge in [0.25, 0.3) is 5.91 Å². The maximum absolute atomic E-state index is 13.6. The van der Waals surface area contributed by atoms with Gasteiger partial charge in [-0.3, -0.25) is 34.2 Å². The number of nitrogens with two attached hydrogens (primary N) is 1. The fourth-order valence-corrected chi connectivity index (χ4v) is 9.88. The Hall–Kier alpha value is -6.33. The molecule has 1 unspecified atom stereocenters. The number of amides is 5. The van der Waals surface area contributed by atoms with Crippen LogP contribution in [-0.2, 0) is 25.7 Å². The number of benzene rings is 3. The molecule has 4 aliphatic rings. The summed E-state index contributed by atoms with van der Waals surface area (Å²) in [6, 6.07) is 22.0.